The highest BCUT2D eigenvalue weighted by Gasteiger charge is 2.21. The number of rotatable bonds is 7. The van der Waals surface area contributed by atoms with Gasteiger partial charge in [0.2, 0.25) is 0 Å². The average Bonchev–Trinajstić information content (AvgIpc) is 2.47. The zero-order valence-electron chi connectivity index (χ0n) is 12.9. The normalized spacial score (nSPS) is 15.8. The summed E-state index contributed by atoms with van der Waals surface area (Å²) in [5.74, 6) is 1.08. The number of para-hydroxylation sites is 1. The molecule has 0 aromatic heterocycles. The van der Waals surface area contributed by atoms with Gasteiger partial charge in [-0.25, -0.2) is 0 Å². The summed E-state index contributed by atoms with van der Waals surface area (Å²) in [6.07, 6.45) is 3.61. The third-order valence-corrected chi connectivity index (χ3v) is 3.58. The first-order valence-corrected chi connectivity index (χ1v) is 7.82. The van der Waals surface area contributed by atoms with E-state index in [0.29, 0.717) is 6.61 Å². The molecule has 1 aromatic carbocycles. The number of hydrogen-bond acceptors (Lipinski definition) is 3. The van der Waals surface area contributed by atoms with E-state index in [0.717, 1.165) is 38.2 Å². The Labute approximate surface area is 122 Å². The minimum absolute atomic E-state index is 0.213. The molecule has 0 spiro atoms. The van der Waals surface area contributed by atoms with Crippen LogP contribution in [0.15, 0.2) is 18.2 Å². The maximum atomic E-state index is 5.93. The molecule has 1 aromatic rings. The molecule has 0 bridgehead atoms. The quantitative estimate of drug-likeness (QED) is 0.827. The summed E-state index contributed by atoms with van der Waals surface area (Å²) in [6.45, 7) is 8.86. The first-order chi connectivity index (χ1) is 9.72. The molecule has 112 valence electrons. The van der Waals surface area contributed by atoms with Gasteiger partial charge in [0, 0.05) is 5.56 Å². The van der Waals surface area contributed by atoms with Crippen molar-refractivity contribution in [3.8, 4) is 5.75 Å². The van der Waals surface area contributed by atoms with Crippen molar-refractivity contribution in [2.45, 2.75) is 52.2 Å². The van der Waals surface area contributed by atoms with Crippen LogP contribution in [-0.2, 0) is 11.2 Å². The molecule has 0 saturated heterocycles. The van der Waals surface area contributed by atoms with Crippen molar-refractivity contribution in [1.82, 2.24) is 5.32 Å². The molecular weight excluding hydrogens is 250 g/mol. The van der Waals surface area contributed by atoms with Crippen molar-refractivity contribution in [1.29, 1.82) is 0 Å². The molecule has 0 amide bonds. The predicted molar refractivity (Wildman–Crippen MR) is 82.4 cm³/mol. The maximum Gasteiger partial charge on any atom is 0.127 e. The van der Waals surface area contributed by atoms with Gasteiger partial charge in [-0.15, -0.1) is 0 Å². The van der Waals surface area contributed by atoms with Gasteiger partial charge in [0.15, 0.2) is 0 Å². The number of nitrogens with one attached hydrogen (secondary N) is 1. The molecule has 3 nitrogen and oxygen atoms in total. The van der Waals surface area contributed by atoms with Gasteiger partial charge in [0.05, 0.1) is 25.4 Å². The Morgan fingerprint density at radius 2 is 2.20 bits per heavy atom. The molecule has 1 unspecified atom stereocenters. The highest BCUT2D eigenvalue weighted by atomic mass is 16.5. The summed E-state index contributed by atoms with van der Waals surface area (Å²) in [5.41, 5.74) is 2.58. The van der Waals surface area contributed by atoms with Crippen LogP contribution in [-0.4, -0.2) is 25.9 Å². The van der Waals surface area contributed by atoms with E-state index in [1.807, 2.05) is 0 Å². The fourth-order valence-electron chi connectivity index (χ4n) is 2.55. The van der Waals surface area contributed by atoms with E-state index in [9.17, 15) is 0 Å². The lowest BCUT2D eigenvalue weighted by molar-refractivity contribution is 0.0603. The third-order valence-electron chi connectivity index (χ3n) is 3.58. The van der Waals surface area contributed by atoms with E-state index in [4.69, 9.17) is 9.47 Å². The summed E-state index contributed by atoms with van der Waals surface area (Å²) in [5, 5.41) is 3.59. The smallest absolute Gasteiger partial charge is 0.127 e. The molecule has 0 aliphatic carbocycles. The first-order valence-electron chi connectivity index (χ1n) is 7.82. The largest absolute Gasteiger partial charge is 0.493 e. The molecule has 1 N–H and O–H groups in total. The monoisotopic (exact) mass is 277 g/mol. The highest BCUT2D eigenvalue weighted by molar-refractivity contribution is 5.44. The van der Waals surface area contributed by atoms with Gasteiger partial charge < -0.3 is 14.8 Å². The summed E-state index contributed by atoms with van der Waals surface area (Å²) < 4.78 is 11.8. The maximum absolute atomic E-state index is 5.93. The zero-order valence-corrected chi connectivity index (χ0v) is 12.9. The summed E-state index contributed by atoms with van der Waals surface area (Å²) in [7, 11) is 0. The number of fused-ring (bicyclic) bond motifs is 1. The molecule has 0 saturated carbocycles. The van der Waals surface area contributed by atoms with Crippen molar-refractivity contribution >= 4 is 0 Å². The van der Waals surface area contributed by atoms with E-state index < -0.39 is 0 Å². The van der Waals surface area contributed by atoms with Crippen molar-refractivity contribution in [2.75, 3.05) is 19.8 Å². The Morgan fingerprint density at radius 1 is 1.35 bits per heavy atom. The standard InChI is InChI=1S/C17H27NO2/c1-4-10-18-16(12-20-13(2)3)15-9-5-7-14-8-6-11-19-17(14)15/h5,7,9,13,16,18H,4,6,8,10-12H2,1-3H3. The molecule has 0 radical (unpaired) electrons. The van der Waals surface area contributed by atoms with Gasteiger partial charge >= 0.3 is 0 Å². The summed E-state index contributed by atoms with van der Waals surface area (Å²) >= 11 is 0. The van der Waals surface area contributed by atoms with Crippen LogP contribution < -0.4 is 10.1 Å². The van der Waals surface area contributed by atoms with Crippen LogP contribution in [0.2, 0.25) is 0 Å². The van der Waals surface area contributed by atoms with Crippen LogP contribution in [0.3, 0.4) is 0 Å². The van der Waals surface area contributed by atoms with E-state index in [1.165, 1.54) is 11.1 Å². The Hall–Kier alpha value is -1.06. The van der Waals surface area contributed by atoms with Gasteiger partial charge in [-0.2, -0.15) is 0 Å². The molecule has 1 heterocycles. The van der Waals surface area contributed by atoms with Crippen LogP contribution in [0, 0.1) is 0 Å². The highest BCUT2D eigenvalue weighted by Crippen LogP contribution is 2.33. The Balaban J connectivity index is 2.18. The number of benzene rings is 1. The molecule has 1 aliphatic rings. The van der Waals surface area contributed by atoms with E-state index in [2.05, 4.69) is 44.3 Å². The first kappa shape index (κ1) is 15.3. The second kappa shape index (κ2) is 7.65. The molecular formula is C17H27NO2. The van der Waals surface area contributed by atoms with Crippen LogP contribution >= 0.6 is 0 Å². The van der Waals surface area contributed by atoms with Crippen LogP contribution in [0.4, 0.5) is 0 Å². The Bertz CT molecular complexity index is 417. The lowest BCUT2D eigenvalue weighted by Gasteiger charge is -2.26. The third kappa shape index (κ3) is 3.97. The van der Waals surface area contributed by atoms with Gasteiger partial charge in [-0.05, 0) is 45.2 Å². The number of aryl methyl sites for hydroxylation is 1. The van der Waals surface area contributed by atoms with E-state index >= 15 is 0 Å². The van der Waals surface area contributed by atoms with Crippen LogP contribution in [0.1, 0.15) is 50.8 Å². The van der Waals surface area contributed by atoms with Gasteiger partial charge in [-0.3, -0.25) is 0 Å². The van der Waals surface area contributed by atoms with Gasteiger partial charge in [-0.1, -0.05) is 25.1 Å². The van der Waals surface area contributed by atoms with E-state index in [1.54, 1.807) is 0 Å². The number of hydrogen-bond donors (Lipinski definition) is 1. The lowest BCUT2D eigenvalue weighted by Crippen LogP contribution is -2.28. The molecule has 20 heavy (non-hydrogen) atoms. The van der Waals surface area contributed by atoms with Crippen LogP contribution in [0.5, 0.6) is 5.75 Å². The van der Waals surface area contributed by atoms with Crippen molar-refractivity contribution in [3.63, 3.8) is 0 Å². The lowest BCUT2D eigenvalue weighted by atomic mass is 9.98. The molecule has 0 fully saturated rings. The molecule has 1 atom stereocenters. The Morgan fingerprint density at radius 3 is 2.95 bits per heavy atom. The van der Waals surface area contributed by atoms with Crippen molar-refractivity contribution in [3.05, 3.63) is 29.3 Å². The topological polar surface area (TPSA) is 30.5 Å². The SMILES string of the molecule is CCCNC(COC(C)C)c1cccc2c1OCCC2. The zero-order chi connectivity index (χ0) is 14.4. The summed E-state index contributed by atoms with van der Waals surface area (Å²) in [4.78, 5) is 0. The van der Waals surface area contributed by atoms with Gasteiger partial charge in [0.25, 0.3) is 0 Å². The Kier molecular flexibility index (Phi) is 5.86. The molecule has 3 heteroatoms. The number of ether oxygens (including phenoxy) is 2. The fraction of sp³-hybridized carbons (Fsp3) is 0.647. The van der Waals surface area contributed by atoms with Crippen LogP contribution in [0.25, 0.3) is 0 Å². The second-order valence-electron chi connectivity index (χ2n) is 5.68. The minimum Gasteiger partial charge on any atom is -0.493 e. The fourth-order valence-corrected chi connectivity index (χ4v) is 2.55. The summed E-state index contributed by atoms with van der Waals surface area (Å²) in [6, 6.07) is 6.70. The van der Waals surface area contributed by atoms with Crippen molar-refractivity contribution < 1.29 is 9.47 Å². The molecule has 2 rings (SSSR count). The van der Waals surface area contributed by atoms with E-state index in [-0.39, 0.29) is 12.1 Å². The minimum atomic E-state index is 0.213. The molecule has 1 aliphatic heterocycles. The predicted octanol–water partition coefficient (Wildman–Crippen LogP) is 3.48. The second-order valence-corrected chi connectivity index (χ2v) is 5.68. The van der Waals surface area contributed by atoms with Gasteiger partial charge in [0.1, 0.15) is 5.75 Å². The average molecular weight is 277 g/mol. The van der Waals surface area contributed by atoms with Crippen molar-refractivity contribution in [2.24, 2.45) is 0 Å².